The van der Waals surface area contributed by atoms with Gasteiger partial charge in [0.15, 0.2) is 0 Å². The summed E-state index contributed by atoms with van der Waals surface area (Å²) in [7, 11) is 0. The van der Waals surface area contributed by atoms with Crippen LogP contribution in [0.3, 0.4) is 0 Å². The van der Waals surface area contributed by atoms with Gasteiger partial charge in [-0.05, 0) is 18.3 Å². The second-order valence-electron chi connectivity index (χ2n) is 7.08. The highest BCUT2D eigenvalue weighted by molar-refractivity contribution is 5.84. The van der Waals surface area contributed by atoms with Gasteiger partial charge in [0.05, 0.1) is 12.1 Å². The SMILES string of the molecule is CC(C)(C)CC(=O)NCC(=O)NCC1(O)CCCCC1. The van der Waals surface area contributed by atoms with Gasteiger partial charge in [-0.2, -0.15) is 0 Å². The molecule has 1 rings (SSSR count). The van der Waals surface area contributed by atoms with E-state index in [1.165, 1.54) is 0 Å². The van der Waals surface area contributed by atoms with E-state index in [2.05, 4.69) is 10.6 Å². The van der Waals surface area contributed by atoms with Crippen molar-refractivity contribution in [2.45, 2.75) is 64.9 Å². The Labute approximate surface area is 121 Å². The maximum atomic E-state index is 11.7. The van der Waals surface area contributed by atoms with Crippen molar-refractivity contribution in [2.24, 2.45) is 5.41 Å². The van der Waals surface area contributed by atoms with Gasteiger partial charge in [0.1, 0.15) is 0 Å². The Balaban J connectivity index is 2.22. The number of amides is 2. The summed E-state index contributed by atoms with van der Waals surface area (Å²) in [6, 6.07) is 0. The Morgan fingerprint density at radius 2 is 1.65 bits per heavy atom. The first-order valence-electron chi connectivity index (χ1n) is 7.46. The number of hydrogen-bond acceptors (Lipinski definition) is 3. The van der Waals surface area contributed by atoms with Crippen LogP contribution >= 0.6 is 0 Å². The molecule has 2 amide bonds. The summed E-state index contributed by atoms with van der Waals surface area (Å²) >= 11 is 0. The molecule has 0 unspecified atom stereocenters. The van der Waals surface area contributed by atoms with E-state index >= 15 is 0 Å². The van der Waals surface area contributed by atoms with Crippen molar-refractivity contribution in [2.75, 3.05) is 13.1 Å². The van der Waals surface area contributed by atoms with Crippen LogP contribution in [-0.4, -0.2) is 35.6 Å². The molecule has 1 aliphatic carbocycles. The van der Waals surface area contributed by atoms with Gasteiger partial charge in [0.2, 0.25) is 11.8 Å². The molecule has 0 aromatic heterocycles. The predicted molar refractivity (Wildman–Crippen MR) is 78.1 cm³/mol. The Kier molecular flexibility index (Phi) is 5.99. The Morgan fingerprint density at radius 1 is 1.05 bits per heavy atom. The molecule has 0 bridgehead atoms. The minimum atomic E-state index is -0.761. The molecule has 1 fully saturated rings. The van der Waals surface area contributed by atoms with Crippen LogP contribution in [0, 0.1) is 5.41 Å². The first kappa shape index (κ1) is 17.0. The van der Waals surface area contributed by atoms with Crippen molar-refractivity contribution < 1.29 is 14.7 Å². The molecule has 1 aliphatic rings. The molecule has 0 atom stereocenters. The maximum Gasteiger partial charge on any atom is 0.239 e. The zero-order valence-corrected chi connectivity index (χ0v) is 12.9. The largest absolute Gasteiger partial charge is 0.388 e. The average Bonchev–Trinajstić information content (AvgIpc) is 2.33. The summed E-state index contributed by atoms with van der Waals surface area (Å²) in [6.45, 7) is 6.19. The minimum absolute atomic E-state index is 0.0228. The van der Waals surface area contributed by atoms with Gasteiger partial charge in [0.25, 0.3) is 0 Å². The third kappa shape index (κ3) is 6.89. The zero-order chi connectivity index (χ0) is 15.2. The fraction of sp³-hybridized carbons (Fsp3) is 0.867. The van der Waals surface area contributed by atoms with E-state index in [9.17, 15) is 14.7 Å². The molecule has 116 valence electrons. The van der Waals surface area contributed by atoms with Crippen LogP contribution in [0.1, 0.15) is 59.3 Å². The summed E-state index contributed by atoms with van der Waals surface area (Å²) < 4.78 is 0. The molecule has 0 radical (unpaired) electrons. The number of aliphatic hydroxyl groups is 1. The molecule has 5 nitrogen and oxygen atoms in total. The molecule has 0 heterocycles. The van der Waals surface area contributed by atoms with Crippen LogP contribution in [0.2, 0.25) is 0 Å². The smallest absolute Gasteiger partial charge is 0.239 e. The highest BCUT2D eigenvalue weighted by Gasteiger charge is 2.29. The first-order chi connectivity index (χ1) is 9.20. The third-order valence-corrected chi connectivity index (χ3v) is 3.54. The Hall–Kier alpha value is -1.10. The van der Waals surface area contributed by atoms with E-state index < -0.39 is 5.60 Å². The third-order valence-electron chi connectivity index (χ3n) is 3.54. The van der Waals surface area contributed by atoms with Crippen molar-refractivity contribution in [3.63, 3.8) is 0 Å². The van der Waals surface area contributed by atoms with E-state index in [0.29, 0.717) is 6.42 Å². The van der Waals surface area contributed by atoms with E-state index in [0.717, 1.165) is 32.1 Å². The lowest BCUT2D eigenvalue weighted by atomic mass is 9.85. The highest BCUT2D eigenvalue weighted by atomic mass is 16.3. The molecule has 3 N–H and O–H groups in total. The van der Waals surface area contributed by atoms with Gasteiger partial charge in [-0.3, -0.25) is 9.59 Å². The van der Waals surface area contributed by atoms with Gasteiger partial charge < -0.3 is 15.7 Å². The normalized spacial score (nSPS) is 18.4. The van der Waals surface area contributed by atoms with Crippen molar-refractivity contribution in [3.8, 4) is 0 Å². The summed E-state index contributed by atoms with van der Waals surface area (Å²) in [4.78, 5) is 23.3. The molecule has 0 aromatic rings. The maximum absolute atomic E-state index is 11.7. The lowest BCUT2D eigenvalue weighted by Gasteiger charge is -2.32. The van der Waals surface area contributed by atoms with Gasteiger partial charge in [-0.15, -0.1) is 0 Å². The van der Waals surface area contributed by atoms with Crippen LogP contribution in [-0.2, 0) is 9.59 Å². The number of carbonyl (C=O) groups is 2. The highest BCUT2D eigenvalue weighted by Crippen LogP contribution is 2.27. The second-order valence-corrected chi connectivity index (χ2v) is 7.08. The van der Waals surface area contributed by atoms with Crippen molar-refractivity contribution in [1.29, 1.82) is 0 Å². The zero-order valence-electron chi connectivity index (χ0n) is 12.9. The van der Waals surface area contributed by atoms with Crippen LogP contribution in [0.4, 0.5) is 0 Å². The molecular weight excluding hydrogens is 256 g/mol. The molecule has 0 saturated heterocycles. The van der Waals surface area contributed by atoms with Crippen LogP contribution in [0.25, 0.3) is 0 Å². The van der Waals surface area contributed by atoms with Crippen molar-refractivity contribution >= 4 is 11.8 Å². The molecule has 0 aromatic carbocycles. The summed E-state index contributed by atoms with van der Waals surface area (Å²) in [6.07, 6.45) is 5.04. The molecule has 20 heavy (non-hydrogen) atoms. The van der Waals surface area contributed by atoms with Gasteiger partial charge in [-0.25, -0.2) is 0 Å². The number of carbonyl (C=O) groups excluding carboxylic acids is 2. The van der Waals surface area contributed by atoms with Crippen LogP contribution in [0.5, 0.6) is 0 Å². The fourth-order valence-corrected chi connectivity index (χ4v) is 2.44. The van der Waals surface area contributed by atoms with Gasteiger partial charge in [0, 0.05) is 13.0 Å². The lowest BCUT2D eigenvalue weighted by molar-refractivity contribution is -0.127. The van der Waals surface area contributed by atoms with Crippen LogP contribution in [0.15, 0.2) is 0 Å². The monoisotopic (exact) mass is 284 g/mol. The molecule has 0 aliphatic heterocycles. The minimum Gasteiger partial charge on any atom is -0.388 e. The van der Waals surface area contributed by atoms with E-state index in [1.807, 2.05) is 20.8 Å². The lowest BCUT2D eigenvalue weighted by Crippen LogP contribution is -2.47. The van der Waals surface area contributed by atoms with Crippen LogP contribution < -0.4 is 10.6 Å². The van der Waals surface area contributed by atoms with E-state index in [-0.39, 0.29) is 30.3 Å². The molecule has 1 saturated carbocycles. The first-order valence-corrected chi connectivity index (χ1v) is 7.46. The number of hydrogen-bond donors (Lipinski definition) is 3. The fourth-order valence-electron chi connectivity index (χ4n) is 2.44. The van der Waals surface area contributed by atoms with E-state index in [4.69, 9.17) is 0 Å². The van der Waals surface area contributed by atoms with Crippen molar-refractivity contribution in [3.05, 3.63) is 0 Å². The number of rotatable bonds is 5. The predicted octanol–water partition coefficient (Wildman–Crippen LogP) is 1.35. The molecular formula is C15H28N2O3. The Bertz CT molecular complexity index is 342. The topological polar surface area (TPSA) is 78.4 Å². The van der Waals surface area contributed by atoms with Crippen molar-refractivity contribution in [1.82, 2.24) is 10.6 Å². The van der Waals surface area contributed by atoms with Gasteiger partial charge in [-0.1, -0.05) is 40.0 Å². The molecule has 5 heteroatoms. The Morgan fingerprint density at radius 3 is 2.20 bits per heavy atom. The summed E-state index contributed by atoms with van der Waals surface area (Å²) in [5.41, 5.74) is -0.846. The quantitative estimate of drug-likeness (QED) is 0.713. The van der Waals surface area contributed by atoms with Gasteiger partial charge >= 0.3 is 0 Å². The summed E-state index contributed by atoms with van der Waals surface area (Å²) in [5, 5.41) is 15.6. The summed E-state index contributed by atoms with van der Waals surface area (Å²) in [5.74, 6) is -0.365. The number of nitrogens with one attached hydrogen (secondary N) is 2. The average molecular weight is 284 g/mol. The molecule has 0 spiro atoms. The standard InChI is InChI=1S/C15H28N2O3/c1-14(2,3)9-12(18)16-10-13(19)17-11-15(20)7-5-4-6-8-15/h20H,4-11H2,1-3H3,(H,16,18)(H,17,19). The second kappa shape index (κ2) is 7.07. The van der Waals surface area contributed by atoms with E-state index in [1.54, 1.807) is 0 Å².